The lowest BCUT2D eigenvalue weighted by Crippen LogP contribution is -2.61. The van der Waals surface area contributed by atoms with Gasteiger partial charge in [-0.1, -0.05) is 56.3 Å². The Morgan fingerprint density at radius 1 is 0.629 bits per heavy atom. The highest BCUT2D eigenvalue weighted by Crippen LogP contribution is 2.22. The molecule has 2 aromatic rings. The van der Waals surface area contributed by atoms with Crippen LogP contribution in [-0.2, 0) is 65.6 Å². The summed E-state index contributed by atoms with van der Waals surface area (Å²) >= 11 is 0. The Bertz CT molecular complexity index is 2210. The van der Waals surface area contributed by atoms with Crippen LogP contribution in [0.25, 0.3) is 0 Å². The van der Waals surface area contributed by atoms with E-state index in [9.17, 15) is 68.1 Å². The average molecular weight is 982 g/mol. The van der Waals surface area contributed by atoms with Crippen molar-refractivity contribution in [1.29, 1.82) is 0 Å². The summed E-state index contributed by atoms with van der Waals surface area (Å²) in [6.45, 7) is 2.37. The lowest BCUT2D eigenvalue weighted by atomic mass is 10.00. The zero-order chi connectivity index (χ0) is 52.2. The number of primary amides is 3. The van der Waals surface area contributed by atoms with Gasteiger partial charge in [-0.25, -0.2) is 4.79 Å². The Balaban J connectivity index is 1.94. The second kappa shape index (κ2) is 27.4. The SMILES string of the molecule is CC(C)[C@H](NC(=O)[C@H](Cc1ccccc1)NC(=O)[C@@H]1CCCN1C(=O)[C@H](Cc1ccc(O)cc1)NC(=O)[C@H](CC(N)=O)NC(=O)[C@H](CCC(N)=O)NC(=O)[C@@H](N)CO)C(=O)N[C@@H](CCC(N)=O)C(=O)O. The largest absolute Gasteiger partial charge is 0.508 e. The number of nitrogens with one attached hydrogen (secondary N) is 6. The number of hydrogen-bond donors (Lipinski definition) is 13. The fourth-order valence-electron chi connectivity index (χ4n) is 7.36. The number of carboxylic acid groups (broad SMARTS) is 1. The molecule has 2 aromatic carbocycles. The molecule has 1 heterocycles. The van der Waals surface area contributed by atoms with Crippen molar-refractivity contribution in [2.45, 2.75) is 120 Å². The highest BCUT2D eigenvalue weighted by molar-refractivity contribution is 5.99. The minimum Gasteiger partial charge on any atom is -0.508 e. The van der Waals surface area contributed by atoms with Crippen molar-refractivity contribution in [3.63, 3.8) is 0 Å². The zero-order valence-corrected chi connectivity index (χ0v) is 38.8. The van der Waals surface area contributed by atoms with Gasteiger partial charge in [0.05, 0.1) is 13.0 Å². The van der Waals surface area contributed by atoms with Crippen LogP contribution in [0.15, 0.2) is 54.6 Å². The quantitative estimate of drug-likeness (QED) is 0.0383. The molecule has 0 radical (unpaired) electrons. The maximum absolute atomic E-state index is 14.6. The summed E-state index contributed by atoms with van der Waals surface area (Å²) in [4.78, 5) is 145. The normalized spacial score (nSPS) is 16.2. The maximum atomic E-state index is 14.6. The summed E-state index contributed by atoms with van der Waals surface area (Å²) in [5.74, 6) is -11.4. The molecule has 0 unspecified atom stereocenters. The number of phenolic OH excluding ortho intramolecular Hbond substituents is 1. The molecule has 0 aromatic heterocycles. The number of phenols is 1. The van der Waals surface area contributed by atoms with Crippen molar-refractivity contribution < 1.29 is 68.1 Å². The Labute approximate surface area is 402 Å². The monoisotopic (exact) mass is 981 g/mol. The number of carbonyl (C=O) groups excluding carboxylic acids is 10. The molecule has 382 valence electrons. The van der Waals surface area contributed by atoms with Crippen LogP contribution in [0.1, 0.15) is 69.9 Å². The number of benzene rings is 2. The first-order valence-electron chi connectivity index (χ1n) is 22.4. The molecule has 1 aliphatic heterocycles. The topological polar surface area (TPSA) is 428 Å². The van der Waals surface area contributed by atoms with Crippen LogP contribution in [-0.4, -0.2) is 147 Å². The predicted molar refractivity (Wildman–Crippen MR) is 246 cm³/mol. The van der Waals surface area contributed by atoms with Gasteiger partial charge in [0.25, 0.3) is 0 Å². The summed E-state index contributed by atoms with van der Waals surface area (Å²) in [6.07, 6.45) is -2.26. The van der Waals surface area contributed by atoms with Gasteiger partial charge in [-0.15, -0.1) is 0 Å². The molecule has 0 bridgehead atoms. The van der Waals surface area contributed by atoms with E-state index in [1.807, 2.05) is 0 Å². The molecule has 1 fully saturated rings. The van der Waals surface area contributed by atoms with Gasteiger partial charge in [0.2, 0.25) is 59.1 Å². The number of likely N-dealkylation sites (tertiary alicyclic amines) is 1. The van der Waals surface area contributed by atoms with Crippen LogP contribution < -0.4 is 54.8 Å². The first-order chi connectivity index (χ1) is 33.0. The van der Waals surface area contributed by atoms with Crippen molar-refractivity contribution >= 4 is 65.0 Å². The van der Waals surface area contributed by atoms with E-state index in [0.717, 1.165) is 0 Å². The van der Waals surface area contributed by atoms with E-state index in [1.165, 1.54) is 29.2 Å². The minimum absolute atomic E-state index is 0.0107. The van der Waals surface area contributed by atoms with Gasteiger partial charge >= 0.3 is 5.97 Å². The molecule has 25 nitrogen and oxygen atoms in total. The summed E-state index contributed by atoms with van der Waals surface area (Å²) in [5, 5.41) is 43.6. The van der Waals surface area contributed by atoms with Gasteiger partial charge in [0.15, 0.2) is 0 Å². The van der Waals surface area contributed by atoms with Crippen LogP contribution >= 0.6 is 0 Å². The first-order valence-corrected chi connectivity index (χ1v) is 22.4. The van der Waals surface area contributed by atoms with E-state index in [4.69, 9.17) is 22.9 Å². The Kier molecular flexibility index (Phi) is 22.1. The fourth-order valence-corrected chi connectivity index (χ4v) is 7.36. The number of rotatable bonds is 28. The van der Waals surface area contributed by atoms with E-state index >= 15 is 0 Å². The molecule has 1 saturated heterocycles. The third-order valence-electron chi connectivity index (χ3n) is 11.2. The lowest BCUT2D eigenvalue weighted by Gasteiger charge is -2.31. The summed E-state index contributed by atoms with van der Waals surface area (Å²) in [7, 11) is 0. The van der Waals surface area contributed by atoms with Gasteiger partial charge in [0, 0.05) is 32.2 Å². The highest BCUT2D eigenvalue weighted by Gasteiger charge is 2.41. The second-order valence-corrected chi connectivity index (χ2v) is 17.1. The number of carbonyl (C=O) groups is 11. The zero-order valence-electron chi connectivity index (χ0n) is 38.8. The third-order valence-corrected chi connectivity index (χ3v) is 11.2. The summed E-state index contributed by atoms with van der Waals surface area (Å²) in [6, 6.07) is 2.32. The van der Waals surface area contributed by atoms with Crippen molar-refractivity contribution in [2.24, 2.45) is 28.9 Å². The molecule has 17 N–H and O–H groups in total. The van der Waals surface area contributed by atoms with E-state index in [-0.39, 0.29) is 57.2 Å². The van der Waals surface area contributed by atoms with E-state index in [2.05, 4.69) is 31.9 Å². The second-order valence-electron chi connectivity index (χ2n) is 17.1. The van der Waals surface area contributed by atoms with E-state index in [1.54, 1.807) is 44.2 Å². The first kappa shape index (κ1) is 56.7. The number of aliphatic hydroxyl groups excluding tert-OH is 1. The number of carboxylic acids is 1. The number of amides is 10. The van der Waals surface area contributed by atoms with Gasteiger partial charge < -0.3 is 75.1 Å². The molecule has 0 spiro atoms. The van der Waals surface area contributed by atoms with Gasteiger partial charge in [0.1, 0.15) is 54.1 Å². The molecule has 8 atom stereocenters. The number of nitrogens with two attached hydrogens (primary N) is 4. The smallest absolute Gasteiger partial charge is 0.326 e. The molecule has 0 saturated carbocycles. The van der Waals surface area contributed by atoms with Gasteiger partial charge in [-0.2, -0.15) is 0 Å². The molecule has 10 amide bonds. The van der Waals surface area contributed by atoms with Gasteiger partial charge in [-0.3, -0.25) is 47.9 Å². The maximum Gasteiger partial charge on any atom is 0.326 e. The van der Waals surface area contributed by atoms with E-state index < -0.39 is 139 Å². The van der Waals surface area contributed by atoms with Crippen molar-refractivity contribution in [3.05, 3.63) is 65.7 Å². The molecule has 1 aliphatic rings. The fraction of sp³-hybridized carbons (Fsp3) is 0.489. The van der Waals surface area contributed by atoms with Crippen LogP contribution in [0, 0.1) is 5.92 Å². The standard InChI is InChI=1S/C45H63N11O14/c1-23(2)37(43(67)51-29(45(69)70)15-17-35(48)60)55-41(65)30(19-24-7-4-3-5-8-24)53-42(66)33-9-6-18-56(33)44(68)32(20-25-10-12-26(58)13-11-25)54-40(64)31(21-36(49)61)52-39(63)28(14-16-34(47)59)50-38(62)27(46)22-57/h3-5,7-8,10-13,23,27-33,37,57-58H,6,9,14-22,46H2,1-2H3,(H2,47,59)(H2,48,60)(H2,49,61)(H,50,62)(H,51,67)(H,52,63)(H,53,66)(H,54,64)(H,55,65)(H,69,70)/t27-,28-,29-,30-,31-,32-,33-,37-/m0/s1. The molecular weight excluding hydrogens is 919 g/mol. The number of aliphatic hydroxyl groups is 1. The van der Waals surface area contributed by atoms with Crippen LogP contribution in [0.5, 0.6) is 5.75 Å². The van der Waals surface area contributed by atoms with Crippen LogP contribution in [0.4, 0.5) is 0 Å². The highest BCUT2D eigenvalue weighted by atomic mass is 16.4. The third kappa shape index (κ3) is 18.1. The summed E-state index contributed by atoms with van der Waals surface area (Å²) in [5.41, 5.74) is 22.4. The molecule has 25 heteroatoms. The Hall–Kier alpha value is -7.67. The Morgan fingerprint density at radius 2 is 1.14 bits per heavy atom. The predicted octanol–water partition coefficient (Wildman–Crippen LogP) is -4.46. The average Bonchev–Trinajstić information content (AvgIpc) is 3.80. The van der Waals surface area contributed by atoms with Crippen molar-refractivity contribution in [2.75, 3.05) is 13.2 Å². The molecule has 0 aliphatic carbocycles. The minimum atomic E-state index is -1.78. The Morgan fingerprint density at radius 3 is 1.70 bits per heavy atom. The van der Waals surface area contributed by atoms with Crippen LogP contribution in [0.2, 0.25) is 0 Å². The molecule has 3 rings (SSSR count). The summed E-state index contributed by atoms with van der Waals surface area (Å²) < 4.78 is 0. The number of hydrogen-bond acceptors (Lipinski definition) is 14. The molecule has 70 heavy (non-hydrogen) atoms. The number of aliphatic carboxylic acids is 1. The van der Waals surface area contributed by atoms with Crippen LogP contribution in [0.3, 0.4) is 0 Å². The van der Waals surface area contributed by atoms with Crippen molar-refractivity contribution in [1.82, 2.24) is 36.8 Å². The number of aromatic hydroxyl groups is 1. The van der Waals surface area contributed by atoms with Crippen molar-refractivity contribution in [3.8, 4) is 5.75 Å². The molecular formula is C45H63N11O14. The van der Waals surface area contributed by atoms with Gasteiger partial charge in [-0.05, 0) is 54.9 Å². The lowest BCUT2D eigenvalue weighted by molar-refractivity contribution is -0.143. The number of nitrogens with zero attached hydrogens (tertiary/aromatic N) is 1. The van der Waals surface area contributed by atoms with E-state index in [0.29, 0.717) is 11.1 Å².